The lowest BCUT2D eigenvalue weighted by atomic mass is 9.96. The smallest absolute Gasteiger partial charge is 0.427 e. The Morgan fingerprint density at radius 3 is 2.43 bits per heavy atom. The zero-order valence-corrected chi connectivity index (χ0v) is 13.0. The highest BCUT2D eigenvalue weighted by Gasteiger charge is 2.24. The normalized spacial score (nSPS) is 15.0. The first kappa shape index (κ1) is 17.1. The molecule has 4 N–H and O–H groups in total. The number of allylic oxidation sites excluding steroid dienone is 4. The third-order valence-electron chi connectivity index (χ3n) is 3.27. The molecule has 1 aromatic rings. The standard InChI is InChI=1S/C15H16NO6P/c17-11-4-1-10(2-5-11)3-8-15(19)13-7-6-12(18)9-14(13)16-23(20,21)22/h1-2,4-7,17H,3,8-9H2,(H3,16,20,21,22). The molecular weight excluding hydrogens is 321 g/mol. The van der Waals surface area contributed by atoms with Gasteiger partial charge >= 0.3 is 7.75 Å². The first-order chi connectivity index (χ1) is 10.7. The largest absolute Gasteiger partial charge is 0.508 e. The van der Waals surface area contributed by atoms with E-state index in [1.807, 2.05) is 5.09 Å². The van der Waals surface area contributed by atoms with Crippen molar-refractivity contribution in [1.29, 1.82) is 0 Å². The average Bonchev–Trinajstić information content (AvgIpc) is 2.45. The molecule has 1 aliphatic carbocycles. The monoisotopic (exact) mass is 337 g/mol. The van der Waals surface area contributed by atoms with Crippen molar-refractivity contribution in [3.63, 3.8) is 0 Å². The van der Waals surface area contributed by atoms with Crippen LogP contribution >= 0.6 is 7.75 Å². The molecule has 0 atom stereocenters. The van der Waals surface area contributed by atoms with E-state index in [-0.39, 0.29) is 41.4 Å². The Bertz CT molecular complexity index is 729. The second kappa shape index (κ2) is 6.91. The second-order valence-electron chi connectivity index (χ2n) is 5.11. The molecule has 122 valence electrons. The number of ketones is 2. The van der Waals surface area contributed by atoms with Gasteiger partial charge < -0.3 is 14.9 Å². The molecule has 1 aromatic carbocycles. The molecule has 7 nitrogen and oxygen atoms in total. The van der Waals surface area contributed by atoms with Crippen LogP contribution in [0.3, 0.4) is 0 Å². The molecule has 0 heterocycles. The Hall–Kier alpha value is -2.21. The van der Waals surface area contributed by atoms with E-state index in [0.29, 0.717) is 6.42 Å². The fourth-order valence-corrected chi connectivity index (χ4v) is 2.75. The number of nitrogens with one attached hydrogen (secondary N) is 1. The minimum absolute atomic E-state index is 0.0541. The van der Waals surface area contributed by atoms with Gasteiger partial charge in [0.05, 0.1) is 6.42 Å². The van der Waals surface area contributed by atoms with Gasteiger partial charge in [-0.05, 0) is 36.3 Å². The summed E-state index contributed by atoms with van der Waals surface area (Å²) in [5.74, 6) is -0.529. The number of Topliss-reactive ketones (excluding diaryl/α,β-unsaturated/α-hetero) is 1. The van der Waals surface area contributed by atoms with Crippen LogP contribution in [0.2, 0.25) is 0 Å². The van der Waals surface area contributed by atoms with Crippen LogP contribution in [0.1, 0.15) is 18.4 Å². The van der Waals surface area contributed by atoms with Gasteiger partial charge in [-0.1, -0.05) is 12.1 Å². The summed E-state index contributed by atoms with van der Waals surface area (Å²) >= 11 is 0. The van der Waals surface area contributed by atoms with Crippen molar-refractivity contribution in [1.82, 2.24) is 5.09 Å². The van der Waals surface area contributed by atoms with Crippen LogP contribution in [0.15, 0.2) is 47.7 Å². The lowest BCUT2D eigenvalue weighted by Gasteiger charge is -2.17. The van der Waals surface area contributed by atoms with Gasteiger partial charge in [0.1, 0.15) is 5.75 Å². The van der Waals surface area contributed by atoms with Crippen molar-refractivity contribution < 1.29 is 29.0 Å². The van der Waals surface area contributed by atoms with Crippen molar-refractivity contribution in [2.75, 3.05) is 0 Å². The molecule has 0 bridgehead atoms. The van der Waals surface area contributed by atoms with Crippen LogP contribution in [0.5, 0.6) is 5.75 Å². The lowest BCUT2D eigenvalue weighted by molar-refractivity contribution is -0.115. The van der Waals surface area contributed by atoms with E-state index in [1.54, 1.807) is 12.1 Å². The maximum Gasteiger partial charge on any atom is 0.427 e. The zero-order valence-electron chi connectivity index (χ0n) is 12.1. The van der Waals surface area contributed by atoms with Crippen LogP contribution in [-0.4, -0.2) is 26.5 Å². The van der Waals surface area contributed by atoms with E-state index < -0.39 is 7.75 Å². The predicted molar refractivity (Wildman–Crippen MR) is 82.4 cm³/mol. The van der Waals surface area contributed by atoms with Crippen LogP contribution in [-0.2, 0) is 20.6 Å². The molecule has 0 unspecified atom stereocenters. The number of rotatable bonds is 6. The fraction of sp³-hybridized carbons (Fsp3) is 0.200. The van der Waals surface area contributed by atoms with Gasteiger partial charge in [-0.2, -0.15) is 0 Å². The van der Waals surface area contributed by atoms with Gasteiger partial charge in [0.2, 0.25) is 0 Å². The summed E-state index contributed by atoms with van der Waals surface area (Å²) in [7, 11) is -4.59. The van der Waals surface area contributed by atoms with Crippen LogP contribution in [0, 0.1) is 0 Å². The van der Waals surface area contributed by atoms with E-state index in [2.05, 4.69) is 0 Å². The third kappa shape index (κ3) is 5.17. The minimum atomic E-state index is -4.59. The van der Waals surface area contributed by atoms with Crippen molar-refractivity contribution >= 4 is 19.3 Å². The summed E-state index contributed by atoms with van der Waals surface area (Å²) in [5.41, 5.74) is 0.894. The fourth-order valence-electron chi connectivity index (χ4n) is 2.20. The highest BCUT2D eigenvalue weighted by Crippen LogP contribution is 2.33. The molecule has 0 saturated carbocycles. The molecule has 0 radical (unpaired) electrons. The summed E-state index contributed by atoms with van der Waals surface area (Å²) < 4.78 is 11.1. The molecule has 1 aliphatic rings. The molecule has 0 aliphatic heterocycles. The van der Waals surface area contributed by atoms with Crippen molar-refractivity contribution in [3.05, 3.63) is 53.3 Å². The van der Waals surface area contributed by atoms with Gasteiger partial charge in [0.15, 0.2) is 11.6 Å². The number of hydrogen-bond acceptors (Lipinski definition) is 4. The zero-order chi connectivity index (χ0) is 17.0. The summed E-state index contributed by atoms with van der Waals surface area (Å²) in [6.07, 6.45) is 2.78. The maximum atomic E-state index is 12.3. The van der Waals surface area contributed by atoms with E-state index in [1.165, 1.54) is 24.3 Å². The molecule has 0 aromatic heterocycles. The van der Waals surface area contributed by atoms with Gasteiger partial charge in [-0.3, -0.25) is 14.7 Å². The summed E-state index contributed by atoms with van der Waals surface area (Å²) in [5, 5.41) is 11.2. The van der Waals surface area contributed by atoms with E-state index >= 15 is 0 Å². The average molecular weight is 337 g/mol. The number of phenols is 1. The topological polar surface area (TPSA) is 124 Å². The van der Waals surface area contributed by atoms with Gasteiger partial charge in [-0.25, -0.2) is 4.57 Å². The molecule has 2 rings (SSSR count). The molecule has 0 spiro atoms. The highest BCUT2D eigenvalue weighted by molar-refractivity contribution is 7.49. The summed E-state index contributed by atoms with van der Waals surface area (Å²) in [4.78, 5) is 41.6. The Kier molecular flexibility index (Phi) is 5.15. The summed E-state index contributed by atoms with van der Waals surface area (Å²) in [6.45, 7) is 0. The number of aromatic hydroxyl groups is 1. The number of carbonyl (C=O) groups excluding carboxylic acids is 2. The Morgan fingerprint density at radius 1 is 1.17 bits per heavy atom. The van der Waals surface area contributed by atoms with Crippen molar-refractivity contribution in [3.8, 4) is 5.75 Å². The Labute approximate surface area is 132 Å². The van der Waals surface area contributed by atoms with E-state index in [0.717, 1.165) is 5.56 Å². The van der Waals surface area contributed by atoms with Gasteiger partial charge in [0.25, 0.3) is 0 Å². The SMILES string of the molecule is O=C1C=CC(C(=O)CCc2ccc(O)cc2)=C(NP(=O)(O)O)C1. The molecule has 0 fully saturated rings. The maximum absolute atomic E-state index is 12.3. The number of benzene rings is 1. The van der Waals surface area contributed by atoms with Gasteiger partial charge in [-0.15, -0.1) is 0 Å². The second-order valence-corrected chi connectivity index (χ2v) is 6.43. The van der Waals surface area contributed by atoms with Crippen LogP contribution < -0.4 is 5.09 Å². The number of phenolic OH excluding ortho intramolecular Hbond substituents is 1. The van der Waals surface area contributed by atoms with Crippen molar-refractivity contribution in [2.45, 2.75) is 19.3 Å². The molecular formula is C15H16NO6P. The van der Waals surface area contributed by atoms with Gasteiger partial charge in [0, 0.05) is 17.7 Å². The number of hydrogen-bond donors (Lipinski definition) is 4. The van der Waals surface area contributed by atoms with Crippen molar-refractivity contribution in [2.24, 2.45) is 0 Å². The first-order valence-electron chi connectivity index (χ1n) is 6.83. The summed E-state index contributed by atoms with van der Waals surface area (Å²) in [6, 6.07) is 6.40. The Balaban J connectivity index is 2.12. The van der Waals surface area contributed by atoms with E-state index in [9.17, 15) is 19.3 Å². The number of carbonyl (C=O) groups is 2. The molecule has 23 heavy (non-hydrogen) atoms. The van der Waals surface area contributed by atoms with Crippen LogP contribution in [0.4, 0.5) is 0 Å². The minimum Gasteiger partial charge on any atom is -0.508 e. The first-order valence-corrected chi connectivity index (χ1v) is 8.45. The highest BCUT2D eigenvalue weighted by atomic mass is 31.2. The quantitative estimate of drug-likeness (QED) is 0.578. The molecule has 8 heteroatoms. The number of aryl methyl sites for hydroxylation is 1. The predicted octanol–water partition coefficient (Wildman–Crippen LogP) is 1.36. The molecule has 0 amide bonds. The third-order valence-corrected chi connectivity index (χ3v) is 3.83. The lowest BCUT2D eigenvalue weighted by Crippen LogP contribution is -2.20. The van der Waals surface area contributed by atoms with E-state index in [4.69, 9.17) is 9.79 Å². The van der Waals surface area contributed by atoms with Crippen LogP contribution in [0.25, 0.3) is 0 Å². The Morgan fingerprint density at radius 2 is 1.83 bits per heavy atom. The molecule has 0 saturated heterocycles.